The first-order valence-corrected chi connectivity index (χ1v) is 11.2. The van der Waals surface area contributed by atoms with Gasteiger partial charge in [-0.25, -0.2) is 0 Å². The van der Waals surface area contributed by atoms with Crippen molar-refractivity contribution < 1.29 is 27.5 Å². The first kappa shape index (κ1) is 22.1. The lowest BCUT2D eigenvalue weighted by molar-refractivity contribution is -0.140. The Labute approximate surface area is 180 Å². The molecule has 2 unspecified atom stereocenters. The number of rotatable bonds is 2. The van der Waals surface area contributed by atoms with Gasteiger partial charge in [0, 0.05) is 18.2 Å². The number of nitrogens with zero attached hydrogens (tertiary/aromatic N) is 2. The molecule has 1 spiro atoms. The Morgan fingerprint density at radius 2 is 1.71 bits per heavy atom. The van der Waals surface area contributed by atoms with Crippen molar-refractivity contribution >= 4 is 11.8 Å². The van der Waals surface area contributed by atoms with Crippen LogP contribution in [0.25, 0.3) is 0 Å². The molecular formula is C23H29F3N2O3. The van der Waals surface area contributed by atoms with Gasteiger partial charge in [0.25, 0.3) is 5.91 Å². The van der Waals surface area contributed by atoms with Crippen molar-refractivity contribution in [2.75, 3.05) is 13.2 Å². The third-order valence-electron chi connectivity index (χ3n) is 6.94. The van der Waals surface area contributed by atoms with Crippen molar-refractivity contribution in [3.8, 4) is 0 Å². The van der Waals surface area contributed by atoms with Gasteiger partial charge in [-0.15, -0.1) is 0 Å². The van der Waals surface area contributed by atoms with Crippen LogP contribution in [0.1, 0.15) is 74.2 Å². The molecule has 8 heteroatoms. The fraction of sp³-hybridized carbons (Fsp3) is 0.652. The second-order valence-corrected chi connectivity index (χ2v) is 8.96. The first-order valence-electron chi connectivity index (χ1n) is 11.2. The van der Waals surface area contributed by atoms with Crippen LogP contribution in [0.5, 0.6) is 0 Å². The van der Waals surface area contributed by atoms with E-state index in [0.29, 0.717) is 19.4 Å². The van der Waals surface area contributed by atoms with E-state index in [4.69, 9.17) is 4.74 Å². The summed E-state index contributed by atoms with van der Waals surface area (Å²) in [7, 11) is 0. The number of hydrogen-bond donors (Lipinski definition) is 0. The van der Waals surface area contributed by atoms with Crippen molar-refractivity contribution in [3.63, 3.8) is 0 Å². The van der Waals surface area contributed by atoms with Crippen LogP contribution in [0.4, 0.5) is 13.2 Å². The molecule has 2 aliphatic heterocycles. The summed E-state index contributed by atoms with van der Waals surface area (Å²) in [5, 5.41) is 0. The van der Waals surface area contributed by atoms with E-state index in [0.717, 1.165) is 50.7 Å². The topological polar surface area (TPSA) is 49.9 Å². The zero-order valence-corrected chi connectivity index (χ0v) is 17.8. The lowest BCUT2D eigenvalue weighted by atomic mass is 9.89. The van der Waals surface area contributed by atoms with Gasteiger partial charge in [-0.1, -0.05) is 6.42 Å². The van der Waals surface area contributed by atoms with Gasteiger partial charge in [-0.3, -0.25) is 14.5 Å². The minimum atomic E-state index is -4.47. The van der Waals surface area contributed by atoms with Crippen LogP contribution >= 0.6 is 0 Å². The van der Waals surface area contributed by atoms with Gasteiger partial charge in [-0.05, 0) is 76.1 Å². The van der Waals surface area contributed by atoms with Crippen LogP contribution in [-0.2, 0) is 15.7 Å². The maximum absolute atomic E-state index is 13.6. The molecule has 0 N–H and O–H groups in total. The van der Waals surface area contributed by atoms with E-state index in [-0.39, 0.29) is 24.1 Å². The minimum Gasteiger partial charge on any atom is -0.353 e. The molecule has 2 heterocycles. The lowest BCUT2D eigenvalue weighted by Crippen LogP contribution is -2.58. The van der Waals surface area contributed by atoms with Gasteiger partial charge in [0.05, 0.1) is 12.2 Å². The number of carbonyl (C=O) groups excluding carboxylic acids is 2. The Hall–Kier alpha value is -2.09. The zero-order chi connectivity index (χ0) is 22.2. The van der Waals surface area contributed by atoms with Crippen molar-refractivity contribution in [2.24, 2.45) is 0 Å². The fourth-order valence-electron chi connectivity index (χ4n) is 5.22. The van der Waals surface area contributed by atoms with Crippen molar-refractivity contribution in [2.45, 2.75) is 82.3 Å². The molecule has 1 aromatic carbocycles. The summed E-state index contributed by atoms with van der Waals surface area (Å²) in [5.74, 6) is -0.550. The number of amides is 2. The van der Waals surface area contributed by atoms with Gasteiger partial charge in [0.1, 0.15) is 11.8 Å². The number of piperidine rings is 1. The molecule has 0 radical (unpaired) electrons. The molecule has 3 aliphatic rings. The predicted molar refractivity (Wildman–Crippen MR) is 108 cm³/mol. The van der Waals surface area contributed by atoms with Gasteiger partial charge in [0.2, 0.25) is 5.91 Å². The molecular weight excluding hydrogens is 409 g/mol. The predicted octanol–water partition coefficient (Wildman–Crippen LogP) is 4.61. The Bertz CT molecular complexity index is 818. The summed E-state index contributed by atoms with van der Waals surface area (Å²) in [6.45, 7) is 2.81. The number of likely N-dealkylation sites (tertiary alicyclic amines) is 1. The van der Waals surface area contributed by atoms with Crippen molar-refractivity contribution in [1.82, 2.24) is 9.80 Å². The third kappa shape index (κ3) is 4.19. The number of hydrogen-bond acceptors (Lipinski definition) is 3. The standard InChI is InChI=1S/C23H29F3N2O3/c1-16-7-3-6-14-27(16)21(30)19-15-31-22(12-4-2-5-13-22)28(19)20(29)17-8-10-18(11-9-17)23(24,25)26/h8-11,16,19H,2-7,12-15H2,1H3. The van der Waals surface area contributed by atoms with Crippen LogP contribution in [-0.4, -0.2) is 52.6 Å². The SMILES string of the molecule is CC1CCCCN1C(=O)C1COC2(CCCCC2)N1C(=O)c1ccc(C(F)(F)F)cc1. The maximum Gasteiger partial charge on any atom is 0.416 e. The second kappa shape index (κ2) is 8.45. The van der Waals surface area contributed by atoms with Gasteiger partial charge in [-0.2, -0.15) is 13.2 Å². The highest BCUT2D eigenvalue weighted by atomic mass is 19.4. The quantitative estimate of drug-likeness (QED) is 0.678. The average Bonchev–Trinajstić information content (AvgIpc) is 3.11. The number of halogens is 3. The molecule has 31 heavy (non-hydrogen) atoms. The summed E-state index contributed by atoms with van der Waals surface area (Å²) >= 11 is 0. The average molecular weight is 438 g/mol. The largest absolute Gasteiger partial charge is 0.416 e. The highest BCUT2D eigenvalue weighted by Gasteiger charge is 2.54. The summed E-state index contributed by atoms with van der Waals surface area (Å²) in [6.07, 6.45) is 2.55. The third-order valence-corrected chi connectivity index (χ3v) is 6.94. The van der Waals surface area contributed by atoms with Crippen LogP contribution in [0.15, 0.2) is 24.3 Å². The molecule has 2 atom stereocenters. The van der Waals surface area contributed by atoms with Gasteiger partial charge < -0.3 is 9.64 Å². The number of benzene rings is 1. The number of alkyl halides is 3. The summed E-state index contributed by atoms with van der Waals surface area (Å²) in [4.78, 5) is 30.4. The molecule has 5 nitrogen and oxygen atoms in total. The van der Waals surface area contributed by atoms with Crippen molar-refractivity contribution in [3.05, 3.63) is 35.4 Å². The molecule has 0 aromatic heterocycles. The molecule has 1 aromatic rings. The van der Waals surface area contributed by atoms with E-state index < -0.39 is 29.4 Å². The van der Waals surface area contributed by atoms with Crippen LogP contribution in [0, 0.1) is 0 Å². The normalized spacial score (nSPS) is 26.3. The fourth-order valence-corrected chi connectivity index (χ4v) is 5.22. The molecule has 0 bridgehead atoms. The molecule has 2 amide bonds. The van der Waals surface area contributed by atoms with Crippen LogP contribution in [0.3, 0.4) is 0 Å². The van der Waals surface area contributed by atoms with E-state index >= 15 is 0 Å². The highest BCUT2D eigenvalue weighted by Crippen LogP contribution is 2.42. The Morgan fingerprint density at radius 3 is 2.32 bits per heavy atom. The smallest absolute Gasteiger partial charge is 0.353 e. The minimum absolute atomic E-state index is 0.104. The van der Waals surface area contributed by atoms with Gasteiger partial charge >= 0.3 is 6.18 Å². The van der Waals surface area contributed by atoms with Crippen LogP contribution in [0.2, 0.25) is 0 Å². The molecule has 2 saturated heterocycles. The highest BCUT2D eigenvalue weighted by molar-refractivity contribution is 5.98. The van der Waals surface area contributed by atoms with Crippen molar-refractivity contribution in [1.29, 1.82) is 0 Å². The summed E-state index contributed by atoms with van der Waals surface area (Å²) in [5.41, 5.74) is -1.51. The Balaban J connectivity index is 1.65. The van der Waals surface area contributed by atoms with E-state index in [1.165, 1.54) is 12.1 Å². The Morgan fingerprint density at radius 1 is 1.03 bits per heavy atom. The number of carbonyl (C=O) groups is 2. The molecule has 3 fully saturated rings. The molecule has 1 saturated carbocycles. The monoisotopic (exact) mass is 438 g/mol. The van der Waals surface area contributed by atoms with E-state index in [1.807, 2.05) is 11.8 Å². The second-order valence-electron chi connectivity index (χ2n) is 8.96. The van der Waals surface area contributed by atoms with E-state index in [2.05, 4.69) is 0 Å². The molecule has 170 valence electrons. The van der Waals surface area contributed by atoms with E-state index in [1.54, 1.807) is 4.90 Å². The van der Waals surface area contributed by atoms with E-state index in [9.17, 15) is 22.8 Å². The zero-order valence-electron chi connectivity index (χ0n) is 17.8. The summed E-state index contributed by atoms with van der Waals surface area (Å²) in [6, 6.07) is 3.60. The maximum atomic E-state index is 13.6. The molecule has 4 rings (SSSR count). The lowest BCUT2D eigenvalue weighted by Gasteiger charge is -2.43. The van der Waals surface area contributed by atoms with Gasteiger partial charge in [0.15, 0.2) is 0 Å². The number of ether oxygens (including phenoxy) is 1. The van der Waals surface area contributed by atoms with Crippen LogP contribution < -0.4 is 0 Å². The summed E-state index contributed by atoms with van der Waals surface area (Å²) < 4.78 is 45.0. The first-order chi connectivity index (χ1) is 14.7. The molecule has 1 aliphatic carbocycles. The Kier molecular flexibility index (Phi) is 6.03.